The molecule has 0 N–H and O–H groups in total. The number of fused-ring (bicyclic) bond motifs is 1. The van der Waals surface area contributed by atoms with E-state index in [4.69, 9.17) is 4.42 Å². The summed E-state index contributed by atoms with van der Waals surface area (Å²) in [6.07, 6.45) is 1.98. The first kappa shape index (κ1) is 21.7. The van der Waals surface area contributed by atoms with Crippen LogP contribution >= 0.6 is 0 Å². The van der Waals surface area contributed by atoms with Gasteiger partial charge < -0.3 is 4.42 Å². The molecule has 0 bridgehead atoms. The summed E-state index contributed by atoms with van der Waals surface area (Å²) >= 11 is 0. The first-order chi connectivity index (χ1) is 14.9. The van der Waals surface area contributed by atoms with E-state index in [9.17, 15) is 13.2 Å². The Hall–Kier alpha value is -2.48. The van der Waals surface area contributed by atoms with E-state index in [1.54, 1.807) is 22.5 Å². The summed E-state index contributed by atoms with van der Waals surface area (Å²) in [5.41, 5.74) is 3.33. The van der Waals surface area contributed by atoms with Crippen LogP contribution < -0.4 is 5.63 Å². The molecule has 0 saturated carbocycles. The first-order valence-corrected chi connectivity index (χ1v) is 12.2. The maximum Gasteiger partial charge on any atom is 0.336 e. The molecule has 31 heavy (non-hydrogen) atoms. The molecule has 0 radical (unpaired) electrons. The highest BCUT2D eigenvalue weighted by Crippen LogP contribution is 2.22. The molecule has 3 aromatic rings. The second-order valence-electron chi connectivity index (χ2n) is 8.16. The SMILES string of the molecule is CCCc1ccc(S(=O)(=O)N2CCN(Cc3cc(=O)oc4cc(C)ccc34)CC2)cc1. The quantitative estimate of drug-likeness (QED) is 0.548. The maximum absolute atomic E-state index is 13.0. The number of aryl methyl sites for hydroxylation is 2. The number of benzene rings is 2. The fraction of sp³-hybridized carbons (Fsp3) is 0.375. The van der Waals surface area contributed by atoms with Crippen LogP contribution in [-0.2, 0) is 23.0 Å². The van der Waals surface area contributed by atoms with E-state index in [1.165, 1.54) is 0 Å². The molecule has 6 nitrogen and oxygen atoms in total. The van der Waals surface area contributed by atoms with Crippen LogP contribution in [0.3, 0.4) is 0 Å². The number of piperazine rings is 1. The summed E-state index contributed by atoms with van der Waals surface area (Å²) in [5, 5.41) is 0.924. The van der Waals surface area contributed by atoms with Crippen LogP contribution in [0, 0.1) is 6.92 Å². The van der Waals surface area contributed by atoms with Crippen LogP contribution in [0.4, 0.5) is 0 Å². The van der Waals surface area contributed by atoms with Crippen molar-refractivity contribution in [2.45, 2.75) is 38.1 Å². The van der Waals surface area contributed by atoms with Crippen LogP contribution in [0.5, 0.6) is 0 Å². The summed E-state index contributed by atoms with van der Waals surface area (Å²) in [6.45, 7) is 6.74. The standard InChI is InChI=1S/C24H28N2O4S/c1-3-4-19-6-8-21(9-7-19)31(28,29)26-13-11-25(12-14-26)17-20-16-24(27)30-23-15-18(2)5-10-22(20)23/h5-10,15-16H,3-4,11-14,17H2,1-2H3. The molecule has 2 aromatic carbocycles. The molecular weight excluding hydrogens is 412 g/mol. The molecule has 1 aliphatic rings. The smallest absolute Gasteiger partial charge is 0.336 e. The van der Waals surface area contributed by atoms with E-state index in [1.807, 2.05) is 37.3 Å². The molecule has 4 rings (SSSR count). The number of rotatable bonds is 6. The zero-order chi connectivity index (χ0) is 22.0. The second kappa shape index (κ2) is 8.94. The highest BCUT2D eigenvalue weighted by Gasteiger charge is 2.28. The van der Waals surface area contributed by atoms with Gasteiger partial charge in [-0.3, -0.25) is 4.90 Å². The van der Waals surface area contributed by atoms with Gasteiger partial charge in [-0.2, -0.15) is 4.31 Å². The van der Waals surface area contributed by atoms with E-state index < -0.39 is 10.0 Å². The van der Waals surface area contributed by atoms with Gasteiger partial charge in [0.15, 0.2) is 0 Å². The van der Waals surface area contributed by atoms with Gasteiger partial charge >= 0.3 is 5.63 Å². The molecule has 1 fully saturated rings. The van der Waals surface area contributed by atoms with Crippen LogP contribution in [0.25, 0.3) is 11.0 Å². The topological polar surface area (TPSA) is 70.8 Å². The highest BCUT2D eigenvalue weighted by molar-refractivity contribution is 7.89. The van der Waals surface area contributed by atoms with Gasteiger partial charge in [-0.15, -0.1) is 0 Å². The minimum Gasteiger partial charge on any atom is -0.423 e. The Labute approximate surface area is 183 Å². The van der Waals surface area contributed by atoms with Crippen LogP contribution in [-0.4, -0.2) is 43.8 Å². The summed E-state index contributed by atoms with van der Waals surface area (Å²) in [5.74, 6) is 0. The van der Waals surface area contributed by atoms with Crippen LogP contribution in [0.15, 0.2) is 62.6 Å². The van der Waals surface area contributed by atoms with Gasteiger partial charge in [0, 0.05) is 44.2 Å². The Morgan fingerprint density at radius 1 is 0.968 bits per heavy atom. The van der Waals surface area contributed by atoms with E-state index in [2.05, 4.69) is 11.8 Å². The Kier molecular flexibility index (Phi) is 6.27. The third kappa shape index (κ3) is 4.74. The molecule has 0 aliphatic carbocycles. The van der Waals surface area contributed by atoms with Gasteiger partial charge in [-0.1, -0.05) is 37.6 Å². The van der Waals surface area contributed by atoms with Crippen LogP contribution in [0.1, 0.15) is 30.0 Å². The van der Waals surface area contributed by atoms with Crippen molar-refractivity contribution in [3.05, 3.63) is 75.6 Å². The van der Waals surface area contributed by atoms with Gasteiger partial charge in [-0.25, -0.2) is 13.2 Å². The van der Waals surface area contributed by atoms with Crippen molar-refractivity contribution in [3.63, 3.8) is 0 Å². The van der Waals surface area contributed by atoms with Crippen molar-refractivity contribution in [1.82, 2.24) is 9.21 Å². The lowest BCUT2D eigenvalue weighted by Crippen LogP contribution is -2.48. The zero-order valence-electron chi connectivity index (χ0n) is 18.0. The molecule has 0 atom stereocenters. The Bertz CT molecular complexity index is 1220. The van der Waals surface area contributed by atoms with Crippen molar-refractivity contribution >= 4 is 21.0 Å². The number of hydrogen-bond donors (Lipinski definition) is 0. The van der Waals surface area contributed by atoms with Gasteiger partial charge in [0.05, 0.1) is 4.90 Å². The Morgan fingerprint density at radius 2 is 1.68 bits per heavy atom. The van der Waals surface area contributed by atoms with E-state index >= 15 is 0 Å². The van der Waals surface area contributed by atoms with Gasteiger partial charge in [0.1, 0.15) is 5.58 Å². The molecule has 1 aromatic heterocycles. The van der Waals surface area contributed by atoms with Gasteiger partial charge in [0.25, 0.3) is 0 Å². The van der Waals surface area contributed by atoms with Gasteiger partial charge in [0.2, 0.25) is 10.0 Å². The number of sulfonamides is 1. The van der Waals surface area contributed by atoms with Crippen LogP contribution in [0.2, 0.25) is 0 Å². The minimum absolute atomic E-state index is 0.350. The van der Waals surface area contributed by atoms with Crippen molar-refractivity contribution < 1.29 is 12.8 Å². The number of nitrogens with zero attached hydrogens (tertiary/aromatic N) is 2. The van der Waals surface area contributed by atoms with E-state index in [0.717, 1.165) is 34.9 Å². The first-order valence-electron chi connectivity index (χ1n) is 10.7. The lowest BCUT2D eigenvalue weighted by Gasteiger charge is -2.34. The van der Waals surface area contributed by atoms with Crippen molar-refractivity contribution in [3.8, 4) is 0 Å². The van der Waals surface area contributed by atoms with Crippen molar-refractivity contribution in [2.24, 2.45) is 0 Å². The Balaban J connectivity index is 1.45. The summed E-state index contributed by atoms with van der Waals surface area (Å²) < 4.78 is 33.0. The molecule has 0 amide bonds. The predicted molar refractivity (Wildman–Crippen MR) is 122 cm³/mol. The van der Waals surface area contributed by atoms with E-state index in [-0.39, 0.29) is 5.63 Å². The normalized spacial score (nSPS) is 16.1. The lowest BCUT2D eigenvalue weighted by atomic mass is 10.1. The fourth-order valence-electron chi connectivity index (χ4n) is 4.10. The summed E-state index contributed by atoms with van der Waals surface area (Å²) in [6, 6.07) is 14.6. The molecular formula is C24H28N2O4S. The fourth-order valence-corrected chi connectivity index (χ4v) is 5.52. The zero-order valence-corrected chi connectivity index (χ0v) is 18.8. The Morgan fingerprint density at radius 3 is 2.35 bits per heavy atom. The average molecular weight is 441 g/mol. The van der Waals surface area contributed by atoms with Crippen molar-refractivity contribution in [2.75, 3.05) is 26.2 Å². The molecule has 0 spiro atoms. The third-order valence-corrected chi connectivity index (χ3v) is 7.72. The molecule has 1 aliphatic heterocycles. The lowest BCUT2D eigenvalue weighted by molar-refractivity contribution is 0.182. The third-order valence-electron chi connectivity index (χ3n) is 5.81. The summed E-state index contributed by atoms with van der Waals surface area (Å²) in [7, 11) is -3.49. The minimum atomic E-state index is -3.49. The molecule has 0 unspecified atom stereocenters. The highest BCUT2D eigenvalue weighted by atomic mass is 32.2. The monoisotopic (exact) mass is 440 g/mol. The van der Waals surface area contributed by atoms with E-state index in [0.29, 0.717) is 43.2 Å². The average Bonchev–Trinajstić information content (AvgIpc) is 2.74. The summed E-state index contributed by atoms with van der Waals surface area (Å²) in [4.78, 5) is 14.5. The predicted octanol–water partition coefficient (Wildman–Crippen LogP) is 3.56. The largest absolute Gasteiger partial charge is 0.423 e. The van der Waals surface area contributed by atoms with Gasteiger partial charge in [-0.05, 0) is 48.2 Å². The number of hydrogen-bond acceptors (Lipinski definition) is 5. The second-order valence-corrected chi connectivity index (χ2v) is 10.1. The molecule has 2 heterocycles. The molecule has 1 saturated heterocycles. The van der Waals surface area contributed by atoms with Crippen molar-refractivity contribution in [1.29, 1.82) is 0 Å². The molecule has 7 heteroatoms. The molecule has 164 valence electrons. The maximum atomic E-state index is 13.0.